The Bertz CT molecular complexity index is 91.7. The van der Waals surface area contributed by atoms with Crippen molar-refractivity contribution in [1.82, 2.24) is 0 Å². The molecule has 0 amide bonds. The zero-order valence-corrected chi connectivity index (χ0v) is 10.6. The second-order valence-corrected chi connectivity index (χ2v) is 3.40. The molecule has 0 saturated heterocycles. The molecule has 2 N–H and O–H groups in total. The van der Waals surface area contributed by atoms with E-state index in [4.69, 9.17) is 55.9 Å². The van der Waals surface area contributed by atoms with Gasteiger partial charge in [-0.3, -0.25) is 0 Å². The third kappa shape index (κ3) is 4330. The van der Waals surface area contributed by atoms with Crippen LogP contribution in [-0.4, -0.2) is 5.48 Å². The molecular formula is H2Cl3O13V-3. The molecule has 0 atom stereocenters. The first-order valence-corrected chi connectivity index (χ1v) is 5.55. The average molecular weight is 367 g/mol. The maximum atomic E-state index is 8.49. The standard InChI is InChI=1S/3ClHO4.H2O.V/c3*2-1(3,4)5;;/h3*(H,2,3,4,5);1H2;/p-3. The second kappa shape index (κ2) is 12.0. The van der Waals surface area contributed by atoms with Crippen molar-refractivity contribution in [3.8, 4) is 0 Å². The van der Waals surface area contributed by atoms with Gasteiger partial charge < -0.3 is 5.48 Å². The van der Waals surface area contributed by atoms with Crippen LogP contribution in [0.15, 0.2) is 0 Å². The first-order valence-electron chi connectivity index (χ1n) is 1.85. The number of halogens is 3. The summed E-state index contributed by atoms with van der Waals surface area (Å²) in [5, 5.41) is 0. The largest absolute Gasteiger partial charge is 0.412 e. The molecule has 0 heterocycles. The van der Waals surface area contributed by atoms with Crippen molar-refractivity contribution in [2.24, 2.45) is 0 Å². The van der Waals surface area contributed by atoms with Gasteiger partial charge in [0, 0.05) is 18.6 Å². The van der Waals surface area contributed by atoms with Crippen molar-refractivity contribution in [2.75, 3.05) is 0 Å². The monoisotopic (exact) mass is 366 g/mol. The summed E-state index contributed by atoms with van der Waals surface area (Å²) in [6.07, 6.45) is 0. The first-order chi connectivity index (χ1) is 6.00. The predicted molar refractivity (Wildman–Crippen MR) is 3.61 cm³/mol. The van der Waals surface area contributed by atoms with Crippen molar-refractivity contribution in [3.05, 3.63) is 0 Å². The van der Waals surface area contributed by atoms with Crippen molar-refractivity contribution in [3.63, 3.8) is 0 Å². The van der Waals surface area contributed by atoms with Crippen LogP contribution in [0.1, 0.15) is 0 Å². The maximum Gasteiger partial charge on any atom is 0 e. The Morgan fingerprint density at radius 2 is 0.353 bits per heavy atom. The Balaban J connectivity index is -0.0000000400. The van der Waals surface area contributed by atoms with E-state index in [2.05, 4.69) is 0 Å². The molecule has 0 aromatic heterocycles. The van der Waals surface area contributed by atoms with Gasteiger partial charge in [-0.2, -0.15) is 0 Å². The van der Waals surface area contributed by atoms with Crippen LogP contribution < -0.4 is 55.9 Å². The summed E-state index contributed by atoms with van der Waals surface area (Å²) in [7, 11) is -14.8. The minimum Gasteiger partial charge on any atom is -0.412 e. The molecule has 0 aromatic carbocycles. The maximum absolute atomic E-state index is 8.49. The fourth-order valence-corrected chi connectivity index (χ4v) is 0. The fraction of sp³-hybridized carbons (Fsp3) is 0. The van der Waals surface area contributed by atoms with Crippen molar-refractivity contribution < 1.29 is 111 Å². The van der Waals surface area contributed by atoms with Crippen LogP contribution in [0.4, 0.5) is 0 Å². The summed E-state index contributed by atoms with van der Waals surface area (Å²) in [6.45, 7) is 0. The molecule has 1 radical (unpaired) electrons. The Morgan fingerprint density at radius 1 is 0.353 bits per heavy atom. The summed E-state index contributed by atoms with van der Waals surface area (Å²) in [4.78, 5) is 0. The zero-order chi connectivity index (χ0) is 13.5. The van der Waals surface area contributed by atoms with Crippen LogP contribution in [0.2, 0.25) is 0 Å². The van der Waals surface area contributed by atoms with Crippen molar-refractivity contribution in [2.45, 2.75) is 0 Å². The van der Waals surface area contributed by atoms with E-state index >= 15 is 0 Å². The molecule has 0 aliphatic carbocycles. The van der Waals surface area contributed by atoms with E-state index in [9.17, 15) is 0 Å². The van der Waals surface area contributed by atoms with Gasteiger partial charge in [0.05, 0.1) is 0 Å². The fourth-order valence-electron chi connectivity index (χ4n) is 0. The summed E-state index contributed by atoms with van der Waals surface area (Å²) >= 11 is 0. The van der Waals surface area contributed by atoms with Gasteiger partial charge in [-0.1, -0.05) is 0 Å². The van der Waals surface area contributed by atoms with Gasteiger partial charge in [0.25, 0.3) is 0 Å². The molecule has 0 unspecified atom stereocenters. The predicted octanol–water partition coefficient (Wildman–Crippen LogP) is -15.1. The molecule has 0 aromatic rings. The van der Waals surface area contributed by atoms with Crippen LogP contribution in [-0.2, 0) is 18.6 Å². The van der Waals surface area contributed by atoms with Crippen molar-refractivity contribution >= 4 is 0 Å². The number of hydrogen-bond acceptors (Lipinski definition) is 12. The molecule has 0 saturated carbocycles. The minimum absolute atomic E-state index is 0. The SMILES string of the molecule is O.[O-][Cl+3]([O-])([O-])[O-].[O-][Cl+3]([O-])([O-])[O-].[O-][Cl+3]([O-])([O-])[O-].[V]. The average Bonchev–Trinajstić information content (AvgIpc) is 1.41. The van der Waals surface area contributed by atoms with Crippen LogP contribution in [0.25, 0.3) is 0 Å². The molecule has 17 heavy (non-hydrogen) atoms. The molecular weight excluding hydrogens is 365 g/mol. The first kappa shape index (κ1) is 30.7. The molecule has 13 nitrogen and oxygen atoms in total. The second-order valence-electron chi connectivity index (χ2n) is 1.13. The molecule has 0 fully saturated rings. The molecule has 0 aliphatic rings. The topological polar surface area (TPSA) is 308 Å². The van der Waals surface area contributed by atoms with E-state index in [1.165, 1.54) is 0 Å². The minimum atomic E-state index is -4.94. The Hall–Kier alpha value is 0.934. The Kier molecular flexibility index (Phi) is 21.7. The van der Waals surface area contributed by atoms with Gasteiger partial charge in [0.15, 0.2) is 0 Å². The molecule has 109 valence electrons. The van der Waals surface area contributed by atoms with Crippen LogP contribution in [0, 0.1) is 30.7 Å². The smallest absolute Gasteiger partial charge is 0 e. The van der Waals surface area contributed by atoms with Gasteiger partial charge in [0.2, 0.25) is 0 Å². The number of rotatable bonds is 0. The van der Waals surface area contributed by atoms with Gasteiger partial charge in [-0.25, -0.2) is 55.9 Å². The van der Waals surface area contributed by atoms with Crippen molar-refractivity contribution in [1.29, 1.82) is 0 Å². The molecule has 0 rings (SSSR count). The molecule has 0 bridgehead atoms. The Labute approximate surface area is 111 Å². The van der Waals surface area contributed by atoms with E-state index in [0.717, 1.165) is 0 Å². The van der Waals surface area contributed by atoms with Gasteiger partial charge in [-0.05, 0) is 0 Å². The van der Waals surface area contributed by atoms with E-state index in [-0.39, 0.29) is 24.0 Å². The van der Waals surface area contributed by atoms with E-state index < -0.39 is 30.7 Å². The van der Waals surface area contributed by atoms with E-state index in [1.807, 2.05) is 0 Å². The summed E-state index contributed by atoms with van der Waals surface area (Å²) in [6, 6.07) is 0. The van der Waals surface area contributed by atoms with Gasteiger partial charge in [-0.15, -0.1) is 30.7 Å². The summed E-state index contributed by atoms with van der Waals surface area (Å²) in [5.41, 5.74) is 0. The molecule has 0 aliphatic heterocycles. The zero-order valence-electron chi connectivity index (χ0n) is 6.98. The number of hydrogen-bond donors (Lipinski definition) is 0. The summed E-state index contributed by atoms with van der Waals surface area (Å²) in [5.74, 6) is 0. The van der Waals surface area contributed by atoms with Crippen LogP contribution >= 0.6 is 0 Å². The third-order valence-electron chi connectivity index (χ3n) is 0. The normalized spacial score (nSPS) is 10.6. The van der Waals surface area contributed by atoms with E-state index in [1.54, 1.807) is 0 Å². The van der Waals surface area contributed by atoms with E-state index in [0.29, 0.717) is 0 Å². The summed E-state index contributed by atoms with van der Waals surface area (Å²) < 4.78 is 102. The van der Waals surface area contributed by atoms with Gasteiger partial charge in [0.1, 0.15) is 0 Å². The van der Waals surface area contributed by atoms with Crippen LogP contribution in [0.3, 0.4) is 0 Å². The van der Waals surface area contributed by atoms with Gasteiger partial charge >= 0.3 is 0 Å². The quantitative estimate of drug-likeness (QED) is 0.385. The molecule has 0 spiro atoms. The molecule has 17 heteroatoms. The Morgan fingerprint density at radius 3 is 0.353 bits per heavy atom. The third-order valence-corrected chi connectivity index (χ3v) is 0. The van der Waals surface area contributed by atoms with Crippen LogP contribution in [0.5, 0.6) is 0 Å².